The van der Waals surface area contributed by atoms with Crippen molar-refractivity contribution in [2.45, 2.75) is 0 Å². The summed E-state index contributed by atoms with van der Waals surface area (Å²) in [6.07, 6.45) is 0. The molecular weight excluding hydrogens is 191 g/mol. The molecule has 0 aliphatic carbocycles. The van der Waals surface area contributed by atoms with Crippen LogP contribution in [0.4, 0.5) is 0 Å². The van der Waals surface area contributed by atoms with Gasteiger partial charge in [-0.2, -0.15) is 0 Å². The fraction of sp³-hybridized carbons (Fsp3) is 0. The van der Waals surface area contributed by atoms with Crippen LogP contribution in [0.15, 0.2) is 66.6 Å². The van der Waals surface area contributed by atoms with Crippen molar-refractivity contribution < 1.29 is 0 Å². The molecule has 2 aromatic carbocycles. The molecule has 0 atom stereocenters. The van der Waals surface area contributed by atoms with Gasteiger partial charge in [-0.25, -0.2) is 0 Å². The number of rotatable bonds is 1. The zero-order valence-corrected chi connectivity index (χ0v) is 8.93. The maximum atomic E-state index is 2.18. The first kappa shape index (κ1) is 9.35. The summed E-state index contributed by atoms with van der Waals surface area (Å²) in [4.78, 5) is 0. The molecule has 0 fully saturated rings. The first-order valence-electron chi connectivity index (χ1n) is 5.48. The van der Waals surface area contributed by atoms with Crippen LogP contribution in [0.2, 0.25) is 0 Å². The van der Waals surface area contributed by atoms with E-state index in [-0.39, 0.29) is 0 Å². The molecule has 0 saturated carbocycles. The van der Waals surface area contributed by atoms with Gasteiger partial charge in [0.05, 0.1) is 0 Å². The Balaban J connectivity index is 2.32. The van der Waals surface area contributed by atoms with Gasteiger partial charge in [-0.05, 0) is 0 Å². The number of hydrogen-bond acceptors (Lipinski definition) is 0. The standard InChI is InChI=1S/C15H11B/c1-2-8-13-12(6-1)7-5-9-14(13)15-10-3-4-11-16-15/h1-11H. The first-order chi connectivity index (χ1) is 7.95. The molecule has 0 unspecified atom stereocenters. The van der Waals surface area contributed by atoms with Crippen LogP contribution in [0, 0.1) is 0 Å². The monoisotopic (exact) mass is 202 g/mol. The normalized spacial score (nSPS) is 10.2. The minimum atomic E-state index is 1.28. The second kappa shape index (κ2) is 3.94. The summed E-state index contributed by atoms with van der Waals surface area (Å²) in [6, 6.07) is 21.2. The van der Waals surface area contributed by atoms with E-state index in [1.807, 2.05) is 0 Å². The van der Waals surface area contributed by atoms with Crippen LogP contribution in [-0.4, -0.2) is 6.91 Å². The summed E-state index contributed by atoms with van der Waals surface area (Å²) < 4.78 is 0. The third-order valence-corrected chi connectivity index (χ3v) is 2.87. The van der Waals surface area contributed by atoms with E-state index in [4.69, 9.17) is 0 Å². The van der Waals surface area contributed by atoms with E-state index >= 15 is 0 Å². The van der Waals surface area contributed by atoms with Gasteiger partial charge in [0, 0.05) is 0 Å². The molecule has 16 heavy (non-hydrogen) atoms. The second-order valence-corrected chi connectivity index (χ2v) is 3.89. The van der Waals surface area contributed by atoms with Gasteiger partial charge in [-0.3, -0.25) is 0 Å². The summed E-state index contributed by atoms with van der Waals surface area (Å²) in [5.74, 6) is 2.08. The van der Waals surface area contributed by atoms with Gasteiger partial charge in [-0.15, -0.1) is 0 Å². The van der Waals surface area contributed by atoms with Gasteiger partial charge in [0.1, 0.15) is 0 Å². The maximum absolute atomic E-state index is 2.18. The molecule has 1 heterocycles. The summed E-state index contributed by atoms with van der Waals surface area (Å²) in [5, 5.41) is 2.61. The van der Waals surface area contributed by atoms with Gasteiger partial charge in [0.15, 0.2) is 0 Å². The molecule has 1 heteroatoms. The van der Waals surface area contributed by atoms with Crippen molar-refractivity contribution in [2.75, 3.05) is 0 Å². The molecule has 0 amide bonds. The van der Waals surface area contributed by atoms with Crippen LogP contribution in [0.3, 0.4) is 0 Å². The quantitative estimate of drug-likeness (QED) is 0.562. The SMILES string of the molecule is b1ccccc1-c1cccc2ccccc12. The Bertz CT molecular complexity index is 609. The fourth-order valence-electron chi connectivity index (χ4n) is 2.09. The second-order valence-electron chi connectivity index (χ2n) is 3.89. The summed E-state index contributed by atoms with van der Waals surface area (Å²) >= 11 is 0. The predicted molar refractivity (Wildman–Crippen MR) is 70.7 cm³/mol. The number of fused-ring (bicyclic) bond motifs is 1. The van der Waals surface area contributed by atoms with Crippen molar-refractivity contribution in [1.82, 2.24) is 0 Å². The van der Waals surface area contributed by atoms with Gasteiger partial charge in [0.2, 0.25) is 0 Å². The van der Waals surface area contributed by atoms with E-state index in [2.05, 4.69) is 73.5 Å². The molecule has 0 aliphatic heterocycles. The van der Waals surface area contributed by atoms with Gasteiger partial charge in [-0.1, -0.05) is 0 Å². The Labute approximate surface area is 95.8 Å². The van der Waals surface area contributed by atoms with Crippen molar-refractivity contribution >= 4 is 17.7 Å². The molecule has 0 N–H and O–H groups in total. The molecule has 0 radical (unpaired) electrons. The summed E-state index contributed by atoms with van der Waals surface area (Å²) in [7, 11) is 0. The van der Waals surface area contributed by atoms with E-state index in [0.717, 1.165) is 0 Å². The van der Waals surface area contributed by atoms with Crippen molar-refractivity contribution in [3.63, 3.8) is 0 Å². The molecular formula is C15H11B. The molecule has 3 aromatic rings. The molecule has 0 spiro atoms. The van der Waals surface area contributed by atoms with Gasteiger partial charge >= 0.3 is 95.3 Å². The third kappa shape index (κ3) is 1.55. The molecule has 3 rings (SSSR count). The average Bonchev–Trinajstić information content (AvgIpc) is 2.39. The molecule has 1 aromatic heterocycles. The zero-order chi connectivity index (χ0) is 10.8. The van der Waals surface area contributed by atoms with E-state index < -0.39 is 0 Å². The topological polar surface area (TPSA) is 0 Å². The van der Waals surface area contributed by atoms with Crippen LogP contribution in [-0.2, 0) is 0 Å². The zero-order valence-electron chi connectivity index (χ0n) is 8.93. The number of hydrogen-bond donors (Lipinski definition) is 0. The Hall–Kier alpha value is -1.89. The summed E-state index contributed by atoms with van der Waals surface area (Å²) in [5.41, 5.74) is 2.58. The Morgan fingerprint density at radius 2 is 1.50 bits per heavy atom. The van der Waals surface area contributed by atoms with E-state index in [9.17, 15) is 0 Å². The number of benzene rings is 2. The Morgan fingerprint density at radius 1 is 0.688 bits per heavy atom. The summed E-state index contributed by atoms with van der Waals surface area (Å²) in [6.45, 7) is 2.15. The molecule has 0 bridgehead atoms. The fourth-order valence-corrected chi connectivity index (χ4v) is 2.09. The molecule has 0 saturated heterocycles. The third-order valence-electron chi connectivity index (χ3n) is 2.87. The van der Waals surface area contributed by atoms with Crippen LogP contribution < -0.4 is 0 Å². The predicted octanol–water partition coefficient (Wildman–Crippen LogP) is 3.84. The van der Waals surface area contributed by atoms with Crippen LogP contribution in [0.25, 0.3) is 21.8 Å². The molecule has 74 valence electrons. The van der Waals surface area contributed by atoms with Crippen molar-refractivity contribution in [3.05, 3.63) is 66.6 Å². The molecule has 0 aliphatic rings. The minimum absolute atomic E-state index is 1.28. The Kier molecular flexibility index (Phi) is 2.30. The first-order valence-corrected chi connectivity index (χ1v) is 5.48. The van der Waals surface area contributed by atoms with E-state index in [1.165, 1.54) is 21.8 Å². The van der Waals surface area contributed by atoms with Crippen LogP contribution in [0.5, 0.6) is 0 Å². The molecule has 0 nitrogen and oxygen atoms in total. The van der Waals surface area contributed by atoms with Gasteiger partial charge < -0.3 is 0 Å². The Morgan fingerprint density at radius 3 is 2.38 bits per heavy atom. The average molecular weight is 202 g/mol. The van der Waals surface area contributed by atoms with Crippen LogP contribution >= 0.6 is 0 Å². The van der Waals surface area contributed by atoms with E-state index in [1.54, 1.807) is 0 Å². The van der Waals surface area contributed by atoms with Gasteiger partial charge in [0.25, 0.3) is 0 Å². The van der Waals surface area contributed by atoms with E-state index in [0.29, 0.717) is 0 Å². The van der Waals surface area contributed by atoms with Crippen molar-refractivity contribution in [2.24, 2.45) is 0 Å². The van der Waals surface area contributed by atoms with Crippen LogP contribution in [0.1, 0.15) is 0 Å². The van der Waals surface area contributed by atoms with Crippen molar-refractivity contribution in [3.8, 4) is 11.0 Å². The van der Waals surface area contributed by atoms with Crippen molar-refractivity contribution in [1.29, 1.82) is 0 Å².